The number of aryl methyl sites for hydroxylation is 1. The summed E-state index contributed by atoms with van der Waals surface area (Å²) in [5.74, 6) is -0.902. The molecule has 0 aliphatic rings. The zero-order chi connectivity index (χ0) is 18.8. The number of benzene rings is 2. The maximum atomic E-state index is 11.5. The largest absolute Gasteiger partial charge is 0.364 e. The lowest BCUT2D eigenvalue weighted by Crippen LogP contribution is -2.19. The number of carbonyl (C=O) groups is 1. The number of aromatic nitrogens is 1. The highest BCUT2D eigenvalue weighted by Crippen LogP contribution is 2.28. The van der Waals surface area contributed by atoms with Crippen molar-refractivity contribution in [3.8, 4) is 0 Å². The number of nitrogens with one attached hydrogen (secondary N) is 1. The van der Waals surface area contributed by atoms with Crippen LogP contribution < -0.4 is 10.9 Å². The molecular weight excluding hydrogens is 385 g/mol. The quantitative estimate of drug-likeness (QED) is 0.613. The van der Waals surface area contributed by atoms with Crippen molar-refractivity contribution >= 4 is 50.0 Å². The van der Waals surface area contributed by atoms with Crippen LogP contribution in [0.3, 0.4) is 0 Å². The maximum Gasteiger partial charge on any atom is 0.266 e. The number of hydrogen-bond donors (Lipinski definition) is 3. The molecule has 132 valence electrons. The summed E-state index contributed by atoms with van der Waals surface area (Å²) in [6, 6.07) is 12.3. The molecule has 0 fully saturated rings. The SMILES string of the molecule is Cc1cccc(Cl)c1.NC(=O)c1[nH]c2ccc(Cl)cc2c1S(N)(=O)=O. The summed E-state index contributed by atoms with van der Waals surface area (Å²) in [7, 11) is -4.07. The van der Waals surface area contributed by atoms with E-state index in [0.717, 1.165) is 5.02 Å². The molecule has 5 N–H and O–H groups in total. The van der Waals surface area contributed by atoms with E-state index in [9.17, 15) is 13.2 Å². The van der Waals surface area contributed by atoms with Gasteiger partial charge in [-0.25, -0.2) is 13.6 Å². The van der Waals surface area contributed by atoms with Crippen LogP contribution in [0.15, 0.2) is 47.4 Å². The monoisotopic (exact) mass is 399 g/mol. The predicted molar refractivity (Wildman–Crippen MR) is 99.4 cm³/mol. The minimum atomic E-state index is -4.07. The molecule has 6 nitrogen and oxygen atoms in total. The molecule has 0 spiro atoms. The van der Waals surface area contributed by atoms with Crippen molar-refractivity contribution in [1.29, 1.82) is 0 Å². The van der Waals surface area contributed by atoms with Crippen molar-refractivity contribution < 1.29 is 13.2 Å². The van der Waals surface area contributed by atoms with E-state index >= 15 is 0 Å². The molecular formula is C16H15Cl2N3O3S. The van der Waals surface area contributed by atoms with Crippen LogP contribution in [-0.4, -0.2) is 19.3 Å². The van der Waals surface area contributed by atoms with Crippen molar-refractivity contribution in [3.05, 3.63) is 63.8 Å². The highest BCUT2D eigenvalue weighted by atomic mass is 35.5. The van der Waals surface area contributed by atoms with E-state index in [0.29, 0.717) is 10.5 Å². The Morgan fingerprint density at radius 3 is 2.20 bits per heavy atom. The molecule has 0 atom stereocenters. The van der Waals surface area contributed by atoms with Crippen LogP contribution in [0, 0.1) is 6.92 Å². The molecule has 1 amide bonds. The van der Waals surface area contributed by atoms with Crippen molar-refractivity contribution in [2.45, 2.75) is 11.8 Å². The molecule has 1 aromatic heterocycles. The summed E-state index contributed by atoms with van der Waals surface area (Å²) in [5, 5.41) is 6.44. The standard InChI is InChI=1S/C9H8ClN3O3S.C7H7Cl/c10-4-1-2-6-5(3-4)8(17(12,15)16)7(13-6)9(11)14;1-6-3-2-4-7(8)5-6/h1-3,13H,(H2,11,14)(H2,12,15,16);2-5H,1H3. The van der Waals surface area contributed by atoms with E-state index in [1.807, 2.05) is 31.2 Å². The van der Waals surface area contributed by atoms with Gasteiger partial charge in [0.05, 0.1) is 0 Å². The highest BCUT2D eigenvalue weighted by molar-refractivity contribution is 7.89. The van der Waals surface area contributed by atoms with E-state index in [1.165, 1.54) is 11.6 Å². The number of aromatic amines is 1. The van der Waals surface area contributed by atoms with Crippen LogP contribution in [0.1, 0.15) is 16.1 Å². The average molecular weight is 400 g/mol. The summed E-state index contributed by atoms with van der Waals surface area (Å²) in [5.41, 5.74) is 6.47. The van der Waals surface area contributed by atoms with E-state index in [4.69, 9.17) is 34.1 Å². The Morgan fingerprint density at radius 2 is 1.72 bits per heavy atom. The number of rotatable bonds is 2. The van der Waals surface area contributed by atoms with Crippen molar-refractivity contribution in [2.24, 2.45) is 10.9 Å². The van der Waals surface area contributed by atoms with Gasteiger partial charge < -0.3 is 10.7 Å². The molecule has 3 aromatic rings. The molecule has 25 heavy (non-hydrogen) atoms. The fourth-order valence-electron chi connectivity index (χ4n) is 2.21. The topological polar surface area (TPSA) is 119 Å². The van der Waals surface area contributed by atoms with Crippen molar-refractivity contribution in [1.82, 2.24) is 4.98 Å². The van der Waals surface area contributed by atoms with Crippen LogP contribution in [0.2, 0.25) is 10.0 Å². The van der Waals surface area contributed by atoms with Gasteiger partial charge in [0.1, 0.15) is 10.6 Å². The van der Waals surface area contributed by atoms with Gasteiger partial charge in [0.15, 0.2) is 0 Å². The second-order valence-corrected chi connectivity index (χ2v) is 7.60. The molecule has 3 rings (SSSR count). The van der Waals surface area contributed by atoms with Gasteiger partial charge in [-0.15, -0.1) is 0 Å². The summed E-state index contributed by atoms with van der Waals surface area (Å²) in [6.45, 7) is 2.02. The third-order valence-electron chi connectivity index (χ3n) is 3.22. The number of hydrogen-bond acceptors (Lipinski definition) is 3. The van der Waals surface area contributed by atoms with Crippen LogP contribution in [0.25, 0.3) is 10.9 Å². The van der Waals surface area contributed by atoms with E-state index < -0.39 is 15.9 Å². The van der Waals surface area contributed by atoms with Crippen molar-refractivity contribution in [3.63, 3.8) is 0 Å². The molecule has 0 saturated heterocycles. The number of primary sulfonamides is 1. The second-order valence-electron chi connectivity index (χ2n) is 5.23. The van der Waals surface area contributed by atoms with E-state index in [2.05, 4.69) is 4.98 Å². The first kappa shape index (κ1) is 19.3. The smallest absolute Gasteiger partial charge is 0.266 e. The Kier molecular flexibility index (Phi) is 5.74. The molecule has 1 heterocycles. The maximum absolute atomic E-state index is 11.5. The zero-order valence-electron chi connectivity index (χ0n) is 13.1. The number of primary amides is 1. The lowest BCUT2D eigenvalue weighted by Gasteiger charge is -1.98. The molecule has 0 aliphatic carbocycles. The van der Waals surface area contributed by atoms with Gasteiger partial charge in [-0.2, -0.15) is 0 Å². The minimum absolute atomic E-state index is 0.244. The Bertz CT molecular complexity index is 1030. The van der Waals surface area contributed by atoms with Gasteiger partial charge in [0.25, 0.3) is 5.91 Å². The van der Waals surface area contributed by atoms with Gasteiger partial charge in [0.2, 0.25) is 10.0 Å². The van der Waals surface area contributed by atoms with Crippen LogP contribution in [0.4, 0.5) is 0 Å². The number of sulfonamides is 1. The van der Waals surface area contributed by atoms with Gasteiger partial charge in [0, 0.05) is 20.9 Å². The first-order valence-electron chi connectivity index (χ1n) is 6.95. The highest BCUT2D eigenvalue weighted by Gasteiger charge is 2.24. The molecule has 0 bridgehead atoms. The molecule has 0 saturated carbocycles. The number of nitrogens with two attached hydrogens (primary N) is 2. The average Bonchev–Trinajstić information content (AvgIpc) is 2.86. The molecule has 9 heteroatoms. The number of H-pyrrole nitrogens is 1. The van der Waals surface area contributed by atoms with Crippen molar-refractivity contribution in [2.75, 3.05) is 0 Å². The molecule has 0 radical (unpaired) electrons. The first-order valence-corrected chi connectivity index (χ1v) is 9.26. The predicted octanol–water partition coefficient (Wildman–Crippen LogP) is 3.22. The second kappa shape index (κ2) is 7.45. The summed E-state index contributed by atoms with van der Waals surface area (Å²) < 4.78 is 22.9. The Morgan fingerprint density at radius 1 is 1.08 bits per heavy atom. The zero-order valence-corrected chi connectivity index (χ0v) is 15.4. The molecule has 2 aromatic carbocycles. The number of carbonyl (C=O) groups excluding carboxylic acids is 1. The number of amides is 1. The van der Waals surface area contributed by atoms with Crippen LogP contribution in [0.5, 0.6) is 0 Å². The molecule has 0 unspecified atom stereocenters. The van der Waals surface area contributed by atoms with Crippen LogP contribution >= 0.6 is 23.2 Å². The summed E-state index contributed by atoms with van der Waals surface area (Å²) in [4.78, 5) is 13.4. The normalized spacial score (nSPS) is 11.0. The van der Waals surface area contributed by atoms with Gasteiger partial charge in [-0.05, 0) is 42.8 Å². The van der Waals surface area contributed by atoms with Gasteiger partial charge in [-0.1, -0.05) is 35.3 Å². The lowest BCUT2D eigenvalue weighted by molar-refractivity contribution is 0.0993. The third-order valence-corrected chi connectivity index (χ3v) is 4.69. The fraction of sp³-hybridized carbons (Fsp3) is 0.0625. The van der Waals surface area contributed by atoms with Gasteiger partial charge in [-0.3, -0.25) is 4.79 Å². The lowest BCUT2D eigenvalue weighted by atomic mass is 10.2. The Hall–Kier alpha value is -2.06. The minimum Gasteiger partial charge on any atom is -0.364 e. The summed E-state index contributed by atoms with van der Waals surface area (Å²) in [6.07, 6.45) is 0. The summed E-state index contributed by atoms with van der Waals surface area (Å²) >= 11 is 11.4. The van der Waals surface area contributed by atoms with Gasteiger partial charge >= 0.3 is 0 Å². The Balaban J connectivity index is 0.000000236. The number of fused-ring (bicyclic) bond motifs is 1. The number of halogens is 2. The van der Waals surface area contributed by atoms with E-state index in [1.54, 1.807) is 12.1 Å². The van der Waals surface area contributed by atoms with Crippen LogP contribution in [-0.2, 0) is 10.0 Å². The fourth-order valence-corrected chi connectivity index (χ4v) is 3.54. The third kappa shape index (κ3) is 4.73. The molecule has 0 aliphatic heterocycles. The first-order chi connectivity index (χ1) is 11.6. The Labute approximate surface area is 154 Å². The van der Waals surface area contributed by atoms with E-state index in [-0.39, 0.29) is 16.0 Å².